The van der Waals surface area contributed by atoms with E-state index in [2.05, 4.69) is 73.6 Å². The summed E-state index contributed by atoms with van der Waals surface area (Å²) >= 11 is 3.70. The van der Waals surface area contributed by atoms with Gasteiger partial charge in [-0.25, -0.2) is 4.68 Å². The Morgan fingerprint density at radius 3 is 2.68 bits per heavy atom. The van der Waals surface area contributed by atoms with Crippen molar-refractivity contribution in [3.63, 3.8) is 0 Å². The minimum atomic E-state index is 0.696. The monoisotopic (exact) mass is 354 g/mol. The van der Waals surface area contributed by atoms with E-state index in [9.17, 15) is 0 Å². The highest BCUT2D eigenvalue weighted by Crippen LogP contribution is 2.35. The summed E-state index contributed by atoms with van der Waals surface area (Å²) in [6.45, 7) is 3.55. The Morgan fingerprint density at radius 1 is 1.05 bits per heavy atom. The molecule has 0 spiro atoms. The van der Waals surface area contributed by atoms with Gasteiger partial charge in [0.25, 0.3) is 0 Å². The Balaban J connectivity index is 1.92. The molecule has 4 nitrogen and oxygen atoms in total. The number of benzene rings is 2. The van der Waals surface area contributed by atoms with Gasteiger partial charge in [0.15, 0.2) is 0 Å². The zero-order valence-electron chi connectivity index (χ0n) is 12.2. The second-order valence-corrected chi connectivity index (χ2v) is 6.32. The van der Waals surface area contributed by atoms with Crippen LogP contribution in [0, 0.1) is 6.92 Å². The normalized spacial score (nSPS) is 13.5. The molecule has 1 aromatic heterocycles. The van der Waals surface area contributed by atoms with E-state index in [4.69, 9.17) is 0 Å². The Morgan fingerprint density at radius 2 is 1.86 bits per heavy atom. The van der Waals surface area contributed by atoms with Crippen molar-refractivity contribution < 1.29 is 0 Å². The molecule has 0 aliphatic carbocycles. The molecule has 22 heavy (non-hydrogen) atoms. The molecule has 1 aliphatic heterocycles. The number of nitrogens with zero attached hydrogens (tertiary/aromatic N) is 4. The first-order valence-electron chi connectivity index (χ1n) is 7.22. The zero-order chi connectivity index (χ0) is 15.1. The fourth-order valence-electron chi connectivity index (χ4n) is 2.99. The van der Waals surface area contributed by atoms with Crippen LogP contribution in [0.5, 0.6) is 0 Å². The topological polar surface area (TPSA) is 34.0 Å². The Hall–Kier alpha value is -2.14. The molecule has 5 heteroatoms. The van der Waals surface area contributed by atoms with Crippen LogP contribution in [0.1, 0.15) is 11.3 Å². The van der Waals surface area contributed by atoms with Crippen molar-refractivity contribution in [1.29, 1.82) is 0 Å². The number of aryl methyl sites for hydroxylation is 1. The van der Waals surface area contributed by atoms with Crippen LogP contribution in [0.15, 0.2) is 53.0 Å². The SMILES string of the molecule is Cc1nnn2c1-c1cccc(Br)c1CN(c1ccccc1)C2. The molecule has 0 radical (unpaired) electrons. The quantitative estimate of drug-likeness (QED) is 0.662. The van der Waals surface area contributed by atoms with E-state index in [1.54, 1.807) is 0 Å². The number of para-hydroxylation sites is 1. The number of aromatic nitrogens is 3. The van der Waals surface area contributed by atoms with Crippen molar-refractivity contribution in [2.75, 3.05) is 4.90 Å². The Labute approximate surface area is 137 Å². The first kappa shape index (κ1) is 13.5. The molecule has 0 fully saturated rings. The van der Waals surface area contributed by atoms with Gasteiger partial charge in [-0.2, -0.15) is 0 Å². The maximum Gasteiger partial charge on any atom is 0.114 e. The number of hydrogen-bond donors (Lipinski definition) is 0. The average molecular weight is 355 g/mol. The van der Waals surface area contributed by atoms with E-state index in [1.165, 1.54) is 16.8 Å². The van der Waals surface area contributed by atoms with Crippen LogP contribution in [0.4, 0.5) is 5.69 Å². The fourth-order valence-corrected chi connectivity index (χ4v) is 3.48. The zero-order valence-corrected chi connectivity index (χ0v) is 13.8. The number of hydrogen-bond acceptors (Lipinski definition) is 3. The van der Waals surface area contributed by atoms with Gasteiger partial charge in [0, 0.05) is 22.3 Å². The van der Waals surface area contributed by atoms with Crippen molar-refractivity contribution in [2.24, 2.45) is 0 Å². The van der Waals surface area contributed by atoms with Crippen molar-refractivity contribution in [1.82, 2.24) is 15.0 Å². The molecular formula is C17H15BrN4. The van der Waals surface area contributed by atoms with Gasteiger partial charge < -0.3 is 4.90 Å². The molecular weight excluding hydrogens is 340 g/mol. The third-order valence-corrected chi connectivity index (χ3v) is 4.80. The molecule has 0 saturated heterocycles. The van der Waals surface area contributed by atoms with E-state index < -0.39 is 0 Å². The smallest absolute Gasteiger partial charge is 0.114 e. The van der Waals surface area contributed by atoms with E-state index in [-0.39, 0.29) is 0 Å². The summed E-state index contributed by atoms with van der Waals surface area (Å²) in [6.07, 6.45) is 0. The molecule has 0 bridgehead atoms. The molecule has 4 rings (SSSR count). The summed E-state index contributed by atoms with van der Waals surface area (Å²) in [5.74, 6) is 0. The highest BCUT2D eigenvalue weighted by atomic mass is 79.9. The van der Waals surface area contributed by atoms with Crippen LogP contribution in [0.25, 0.3) is 11.3 Å². The second kappa shape index (κ2) is 5.25. The second-order valence-electron chi connectivity index (χ2n) is 5.46. The highest BCUT2D eigenvalue weighted by Gasteiger charge is 2.24. The molecule has 0 unspecified atom stereocenters. The maximum atomic E-state index is 4.33. The lowest BCUT2D eigenvalue weighted by Crippen LogP contribution is -2.25. The van der Waals surface area contributed by atoms with Crippen LogP contribution in [0.2, 0.25) is 0 Å². The minimum Gasteiger partial charge on any atom is -0.348 e. The van der Waals surface area contributed by atoms with Crippen LogP contribution in [-0.2, 0) is 13.2 Å². The van der Waals surface area contributed by atoms with Crippen LogP contribution in [0.3, 0.4) is 0 Å². The third-order valence-electron chi connectivity index (χ3n) is 4.05. The number of fused-ring (bicyclic) bond motifs is 3. The largest absolute Gasteiger partial charge is 0.348 e. The summed E-state index contributed by atoms with van der Waals surface area (Å²) in [6, 6.07) is 16.7. The predicted molar refractivity (Wildman–Crippen MR) is 90.5 cm³/mol. The van der Waals surface area contributed by atoms with Gasteiger partial charge in [0.1, 0.15) is 6.67 Å². The van der Waals surface area contributed by atoms with Gasteiger partial charge in [-0.15, -0.1) is 5.10 Å². The minimum absolute atomic E-state index is 0.696. The van der Waals surface area contributed by atoms with E-state index >= 15 is 0 Å². The van der Waals surface area contributed by atoms with E-state index in [1.807, 2.05) is 17.7 Å². The molecule has 3 aromatic rings. The Kier molecular flexibility index (Phi) is 3.22. The van der Waals surface area contributed by atoms with Crippen molar-refractivity contribution in [3.8, 4) is 11.3 Å². The van der Waals surface area contributed by atoms with E-state index in [0.29, 0.717) is 6.67 Å². The van der Waals surface area contributed by atoms with Crippen LogP contribution >= 0.6 is 15.9 Å². The van der Waals surface area contributed by atoms with Gasteiger partial charge in [-0.05, 0) is 30.7 Å². The van der Waals surface area contributed by atoms with Gasteiger partial charge in [0.2, 0.25) is 0 Å². The standard InChI is InChI=1S/C17H15BrN4/c1-12-17-14-8-5-9-16(18)15(14)10-21(11-22(17)20-19-12)13-6-3-2-4-7-13/h2-9H,10-11H2,1H3. The number of rotatable bonds is 1. The predicted octanol–water partition coefficient (Wildman–Crippen LogP) is 3.99. The lowest BCUT2D eigenvalue weighted by Gasteiger charge is -2.23. The lowest BCUT2D eigenvalue weighted by atomic mass is 10.0. The molecule has 110 valence electrons. The molecule has 1 aliphatic rings. The van der Waals surface area contributed by atoms with Crippen molar-refractivity contribution in [3.05, 3.63) is 64.3 Å². The number of halogens is 1. The van der Waals surface area contributed by atoms with Gasteiger partial charge in [0.05, 0.1) is 11.4 Å². The van der Waals surface area contributed by atoms with Gasteiger partial charge >= 0.3 is 0 Å². The van der Waals surface area contributed by atoms with Gasteiger partial charge in [-0.1, -0.05) is 51.5 Å². The summed E-state index contributed by atoms with van der Waals surface area (Å²) in [4.78, 5) is 2.31. The maximum absolute atomic E-state index is 4.33. The first-order valence-corrected chi connectivity index (χ1v) is 8.01. The van der Waals surface area contributed by atoms with Crippen molar-refractivity contribution >= 4 is 21.6 Å². The molecule has 0 atom stereocenters. The van der Waals surface area contributed by atoms with Crippen molar-refractivity contribution in [2.45, 2.75) is 20.1 Å². The molecule has 2 aromatic carbocycles. The first-order chi connectivity index (χ1) is 10.7. The summed E-state index contributed by atoms with van der Waals surface area (Å²) in [5.41, 5.74) is 5.74. The molecule has 2 heterocycles. The van der Waals surface area contributed by atoms with Crippen LogP contribution < -0.4 is 4.90 Å². The third kappa shape index (κ3) is 2.13. The lowest BCUT2D eigenvalue weighted by molar-refractivity contribution is 0.569. The number of anilines is 1. The highest BCUT2D eigenvalue weighted by molar-refractivity contribution is 9.10. The molecule has 0 saturated carbocycles. The van der Waals surface area contributed by atoms with E-state index in [0.717, 1.165) is 22.4 Å². The van der Waals surface area contributed by atoms with Crippen LogP contribution in [-0.4, -0.2) is 15.0 Å². The van der Waals surface area contributed by atoms with Gasteiger partial charge in [-0.3, -0.25) is 0 Å². The average Bonchev–Trinajstić information content (AvgIpc) is 2.80. The summed E-state index contributed by atoms with van der Waals surface area (Å²) < 4.78 is 3.11. The summed E-state index contributed by atoms with van der Waals surface area (Å²) in [5, 5.41) is 8.60. The molecule has 0 amide bonds. The molecule has 0 N–H and O–H groups in total. The Bertz CT molecular complexity index is 826. The summed E-state index contributed by atoms with van der Waals surface area (Å²) in [7, 11) is 0. The fraction of sp³-hybridized carbons (Fsp3) is 0.176.